The van der Waals surface area contributed by atoms with Gasteiger partial charge in [0.2, 0.25) is 5.01 Å². The quantitative estimate of drug-likeness (QED) is 0.665. The number of hydrogen-bond donors (Lipinski definition) is 0. The molecule has 2 aromatic rings. The summed E-state index contributed by atoms with van der Waals surface area (Å²) in [6.07, 6.45) is 3.03. The van der Waals surface area contributed by atoms with Crippen molar-refractivity contribution >= 4 is 11.5 Å². The first-order valence-corrected chi connectivity index (χ1v) is 4.17. The highest BCUT2D eigenvalue weighted by atomic mass is 32.1. The van der Waals surface area contributed by atoms with Crippen LogP contribution in [0.15, 0.2) is 18.6 Å². The second-order valence-electron chi connectivity index (χ2n) is 2.13. The second-order valence-corrected chi connectivity index (χ2v) is 2.88. The predicted molar refractivity (Wildman–Crippen MR) is 45.7 cm³/mol. The lowest BCUT2D eigenvalue weighted by atomic mass is 10.4. The van der Waals surface area contributed by atoms with Crippen LogP contribution in [0, 0.1) is 11.3 Å². The van der Waals surface area contributed by atoms with Gasteiger partial charge in [0.05, 0.1) is 0 Å². The van der Waals surface area contributed by atoms with E-state index < -0.39 is 0 Å². The minimum Gasteiger partial charge on any atom is -0.245 e. The number of rotatable bonds is 1. The van der Waals surface area contributed by atoms with Crippen LogP contribution in [0.3, 0.4) is 0 Å². The molecular weight excluding hydrogens is 186 g/mol. The van der Waals surface area contributed by atoms with Crippen LogP contribution >= 0.6 is 11.5 Å². The van der Waals surface area contributed by atoms with Crippen molar-refractivity contribution in [1.29, 1.82) is 5.26 Å². The molecule has 0 aliphatic rings. The van der Waals surface area contributed by atoms with Gasteiger partial charge in [-0.1, -0.05) is 0 Å². The predicted octanol–water partition coefficient (Wildman–Crippen LogP) is 0.867. The van der Waals surface area contributed by atoms with Crippen molar-refractivity contribution < 1.29 is 0 Å². The average molecular weight is 189 g/mol. The first kappa shape index (κ1) is 7.76. The van der Waals surface area contributed by atoms with Gasteiger partial charge in [0, 0.05) is 6.20 Å². The molecule has 0 bridgehead atoms. The van der Waals surface area contributed by atoms with Gasteiger partial charge in [0.25, 0.3) is 0 Å². The smallest absolute Gasteiger partial charge is 0.214 e. The lowest BCUT2D eigenvalue weighted by Gasteiger charge is -1.89. The Balaban J connectivity index is 2.43. The molecule has 0 N–H and O–H groups in total. The number of nitriles is 1. The summed E-state index contributed by atoms with van der Waals surface area (Å²) >= 11 is 1.06. The number of nitrogens with zero attached hydrogens (tertiary/aromatic N) is 5. The van der Waals surface area contributed by atoms with Crippen molar-refractivity contribution in [2.75, 3.05) is 0 Å². The van der Waals surface area contributed by atoms with Gasteiger partial charge in [0.1, 0.15) is 18.1 Å². The molecule has 0 atom stereocenters. The Morgan fingerprint density at radius 3 is 3.00 bits per heavy atom. The van der Waals surface area contributed by atoms with Crippen molar-refractivity contribution in [3.8, 4) is 17.6 Å². The Labute approximate surface area is 77.9 Å². The minimum absolute atomic E-state index is 0.341. The molecule has 0 spiro atoms. The molecule has 0 saturated carbocycles. The molecule has 0 aliphatic carbocycles. The van der Waals surface area contributed by atoms with E-state index in [2.05, 4.69) is 19.3 Å². The van der Waals surface area contributed by atoms with Gasteiger partial charge in [-0.05, 0) is 17.6 Å². The Morgan fingerprint density at radius 1 is 1.46 bits per heavy atom. The van der Waals surface area contributed by atoms with Crippen LogP contribution in [0.1, 0.15) is 5.01 Å². The molecule has 0 amide bonds. The summed E-state index contributed by atoms with van der Waals surface area (Å²) in [6, 6.07) is 3.62. The van der Waals surface area contributed by atoms with Gasteiger partial charge in [-0.15, -0.1) is 0 Å². The molecule has 0 aromatic carbocycles. The Hall–Kier alpha value is -1.87. The number of aromatic nitrogens is 4. The molecule has 5 nitrogen and oxygen atoms in total. The first-order chi connectivity index (χ1) is 6.40. The van der Waals surface area contributed by atoms with E-state index >= 15 is 0 Å². The summed E-state index contributed by atoms with van der Waals surface area (Å²) < 4.78 is 3.98. The maximum Gasteiger partial charge on any atom is 0.214 e. The van der Waals surface area contributed by atoms with Crippen molar-refractivity contribution in [3.63, 3.8) is 0 Å². The Morgan fingerprint density at radius 2 is 2.38 bits per heavy atom. The highest BCUT2D eigenvalue weighted by Crippen LogP contribution is 2.13. The maximum atomic E-state index is 8.52. The third kappa shape index (κ3) is 1.50. The van der Waals surface area contributed by atoms with E-state index in [1.165, 1.54) is 6.33 Å². The van der Waals surface area contributed by atoms with E-state index in [-0.39, 0.29) is 0 Å². The third-order valence-corrected chi connectivity index (χ3v) is 1.95. The van der Waals surface area contributed by atoms with E-state index in [1.54, 1.807) is 12.3 Å². The summed E-state index contributed by atoms with van der Waals surface area (Å²) in [7, 11) is 0. The maximum absolute atomic E-state index is 8.52. The van der Waals surface area contributed by atoms with Gasteiger partial charge >= 0.3 is 0 Å². The summed E-state index contributed by atoms with van der Waals surface area (Å²) in [5.74, 6) is 0.476. The fourth-order valence-corrected chi connectivity index (χ4v) is 1.27. The monoisotopic (exact) mass is 189 g/mol. The standard InChI is InChI=1S/C7H3N5S/c8-3-6-11-7(12-13-6)5-1-2-9-4-10-5/h1-2,4H. The molecule has 6 heteroatoms. The van der Waals surface area contributed by atoms with Gasteiger partial charge in [-0.25, -0.2) is 15.0 Å². The van der Waals surface area contributed by atoms with E-state index in [0.29, 0.717) is 16.5 Å². The first-order valence-electron chi connectivity index (χ1n) is 3.40. The summed E-state index contributed by atoms with van der Waals surface area (Å²) in [4.78, 5) is 11.7. The van der Waals surface area contributed by atoms with Crippen LogP contribution in [0.25, 0.3) is 11.5 Å². The molecule has 0 aliphatic heterocycles. The fraction of sp³-hybridized carbons (Fsp3) is 0. The average Bonchev–Trinajstić information content (AvgIpc) is 2.67. The fourth-order valence-electron chi connectivity index (χ4n) is 0.796. The zero-order chi connectivity index (χ0) is 9.10. The zero-order valence-corrected chi connectivity index (χ0v) is 7.19. The SMILES string of the molecule is N#Cc1nc(-c2ccncn2)ns1. The van der Waals surface area contributed by atoms with Crippen LogP contribution in [0.2, 0.25) is 0 Å². The highest BCUT2D eigenvalue weighted by Gasteiger charge is 2.05. The zero-order valence-electron chi connectivity index (χ0n) is 6.38. The molecule has 2 heterocycles. The van der Waals surface area contributed by atoms with E-state index in [1.807, 2.05) is 6.07 Å². The summed E-state index contributed by atoms with van der Waals surface area (Å²) in [5, 5.41) is 8.86. The lowest BCUT2D eigenvalue weighted by molar-refractivity contribution is 1.14. The highest BCUT2D eigenvalue weighted by molar-refractivity contribution is 7.06. The largest absolute Gasteiger partial charge is 0.245 e. The van der Waals surface area contributed by atoms with Crippen molar-refractivity contribution in [3.05, 3.63) is 23.6 Å². The van der Waals surface area contributed by atoms with E-state index in [9.17, 15) is 0 Å². The molecule has 62 valence electrons. The minimum atomic E-state index is 0.341. The molecule has 2 aromatic heterocycles. The molecule has 0 radical (unpaired) electrons. The van der Waals surface area contributed by atoms with Gasteiger partial charge in [-0.2, -0.15) is 9.64 Å². The summed E-state index contributed by atoms with van der Waals surface area (Å²) in [6.45, 7) is 0. The van der Waals surface area contributed by atoms with Crippen LogP contribution in [-0.2, 0) is 0 Å². The molecule has 0 saturated heterocycles. The van der Waals surface area contributed by atoms with E-state index in [4.69, 9.17) is 5.26 Å². The van der Waals surface area contributed by atoms with E-state index in [0.717, 1.165) is 11.5 Å². The van der Waals surface area contributed by atoms with Crippen molar-refractivity contribution in [1.82, 2.24) is 19.3 Å². The molecule has 13 heavy (non-hydrogen) atoms. The van der Waals surface area contributed by atoms with Gasteiger partial charge < -0.3 is 0 Å². The van der Waals surface area contributed by atoms with Crippen LogP contribution in [0.4, 0.5) is 0 Å². The normalized spacial score (nSPS) is 9.46. The molecule has 0 fully saturated rings. The molecule has 2 rings (SSSR count). The molecule has 0 unspecified atom stereocenters. The summed E-state index contributed by atoms with van der Waals surface area (Å²) in [5.41, 5.74) is 0.632. The van der Waals surface area contributed by atoms with Gasteiger partial charge in [0.15, 0.2) is 5.82 Å². The molecular formula is C7H3N5S. The Kier molecular flexibility index (Phi) is 1.94. The van der Waals surface area contributed by atoms with Crippen LogP contribution in [0.5, 0.6) is 0 Å². The number of hydrogen-bond acceptors (Lipinski definition) is 6. The van der Waals surface area contributed by atoms with Crippen LogP contribution < -0.4 is 0 Å². The van der Waals surface area contributed by atoms with Gasteiger partial charge in [-0.3, -0.25) is 0 Å². The second kappa shape index (κ2) is 3.25. The topological polar surface area (TPSA) is 75.3 Å². The Bertz CT molecular complexity index is 443. The van der Waals surface area contributed by atoms with Crippen LogP contribution in [-0.4, -0.2) is 19.3 Å². The van der Waals surface area contributed by atoms with Crippen molar-refractivity contribution in [2.45, 2.75) is 0 Å². The van der Waals surface area contributed by atoms with Crippen molar-refractivity contribution in [2.24, 2.45) is 0 Å². The third-order valence-electron chi connectivity index (χ3n) is 1.33. The lowest BCUT2D eigenvalue weighted by Crippen LogP contribution is -1.85.